The van der Waals surface area contributed by atoms with Gasteiger partial charge >= 0.3 is 0 Å². The van der Waals surface area contributed by atoms with Gasteiger partial charge in [0.05, 0.1) is 11.9 Å². The Labute approximate surface area is 162 Å². The number of amides is 1. The van der Waals surface area contributed by atoms with Gasteiger partial charge in [-0.2, -0.15) is 0 Å². The highest BCUT2D eigenvalue weighted by atomic mass is 35.5. The van der Waals surface area contributed by atoms with Crippen LogP contribution in [0.3, 0.4) is 0 Å². The number of hydrogen-bond donors (Lipinski definition) is 1. The van der Waals surface area contributed by atoms with Crippen molar-refractivity contribution in [2.75, 3.05) is 17.4 Å². The highest BCUT2D eigenvalue weighted by Gasteiger charge is 2.29. The second-order valence-corrected chi connectivity index (χ2v) is 8.42. The summed E-state index contributed by atoms with van der Waals surface area (Å²) in [6.45, 7) is 1.93. The van der Waals surface area contributed by atoms with Crippen molar-refractivity contribution in [3.63, 3.8) is 0 Å². The van der Waals surface area contributed by atoms with Gasteiger partial charge in [-0.05, 0) is 42.8 Å². The van der Waals surface area contributed by atoms with Crippen LogP contribution in [0.15, 0.2) is 42.5 Å². The molecule has 144 valence electrons. The number of anilines is 1. The van der Waals surface area contributed by atoms with E-state index in [0.29, 0.717) is 22.2 Å². The van der Waals surface area contributed by atoms with Gasteiger partial charge in [-0.3, -0.25) is 9.10 Å². The van der Waals surface area contributed by atoms with Gasteiger partial charge in [-0.1, -0.05) is 23.7 Å². The largest absolute Gasteiger partial charge is 0.454 e. The van der Waals surface area contributed by atoms with Crippen molar-refractivity contribution in [1.29, 1.82) is 0 Å². The van der Waals surface area contributed by atoms with Gasteiger partial charge in [0.2, 0.25) is 22.7 Å². The number of carbonyl (C=O) groups excluding carboxylic acids is 1. The first-order chi connectivity index (χ1) is 12.8. The molecule has 3 rings (SSSR count). The predicted octanol–water partition coefficient (Wildman–Crippen LogP) is 2.54. The van der Waals surface area contributed by atoms with Crippen LogP contribution in [0, 0.1) is 0 Å². The van der Waals surface area contributed by atoms with E-state index in [4.69, 9.17) is 21.1 Å². The number of sulfonamides is 1. The normalized spacial score (nSPS) is 13.9. The van der Waals surface area contributed by atoms with Crippen molar-refractivity contribution >= 4 is 33.2 Å². The number of nitrogens with one attached hydrogen (secondary N) is 1. The monoisotopic (exact) mass is 410 g/mol. The average Bonchev–Trinajstić information content (AvgIpc) is 3.06. The summed E-state index contributed by atoms with van der Waals surface area (Å²) in [6, 6.07) is 10.8. The number of carbonyl (C=O) groups is 1. The first kappa shape index (κ1) is 19.3. The molecule has 0 saturated heterocycles. The molecule has 0 radical (unpaired) electrons. The van der Waals surface area contributed by atoms with Crippen LogP contribution in [0.2, 0.25) is 5.02 Å². The van der Waals surface area contributed by atoms with Crippen LogP contribution in [-0.2, 0) is 21.4 Å². The summed E-state index contributed by atoms with van der Waals surface area (Å²) in [5, 5.41) is 3.14. The molecule has 27 heavy (non-hydrogen) atoms. The molecular weight excluding hydrogens is 392 g/mol. The lowest BCUT2D eigenvalue weighted by Gasteiger charge is -2.28. The SMILES string of the molecule is C[C@@H](C(=O)NCc1ccc2c(c1)OCO2)N(c1cccc(Cl)c1)S(C)(=O)=O. The van der Waals surface area contributed by atoms with Crippen LogP contribution in [0.4, 0.5) is 5.69 Å². The van der Waals surface area contributed by atoms with Crippen molar-refractivity contribution in [3.8, 4) is 11.5 Å². The summed E-state index contributed by atoms with van der Waals surface area (Å²) in [5.41, 5.74) is 1.14. The molecule has 0 aromatic heterocycles. The van der Waals surface area contributed by atoms with Crippen LogP contribution >= 0.6 is 11.6 Å². The van der Waals surface area contributed by atoms with Crippen molar-refractivity contribution in [3.05, 3.63) is 53.1 Å². The topological polar surface area (TPSA) is 84.9 Å². The molecule has 0 unspecified atom stereocenters. The average molecular weight is 411 g/mol. The molecule has 0 aliphatic carbocycles. The van der Waals surface area contributed by atoms with Gasteiger partial charge in [0.15, 0.2) is 11.5 Å². The van der Waals surface area contributed by atoms with E-state index < -0.39 is 22.0 Å². The molecule has 2 aromatic carbocycles. The molecule has 0 spiro atoms. The van der Waals surface area contributed by atoms with Gasteiger partial charge in [0.1, 0.15) is 6.04 Å². The Balaban J connectivity index is 1.74. The lowest BCUT2D eigenvalue weighted by molar-refractivity contribution is -0.122. The number of nitrogens with zero attached hydrogens (tertiary/aromatic N) is 1. The molecule has 9 heteroatoms. The van der Waals surface area contributed by atoms with Crippen molar-refractivity contribution in [2.24, 2.45) is 0 Å². The first-order valence-corrected chi connectivity index (χ1v) is 10.4. The molecule has 1 N–H and O–H groups in total. The molecule has 1 heterocycles. The minimum atomic E-state index is -3.69. The third-order valence-corrected chi connectivity index (χ3v) is 5.53. The Kier molecular flexibility index (Phi) is 5.48. The van der Waals surface area contributed by atoms with Crippen molar-refractivity contribution in [1.82, 2.24) is 5.32 Å². The quantitative estimate of drug-likeness (QED) is 0.791. The second-order valence-electron chi connectivity index (χ2n) is 6.12. The molecular formula is C18H19ClN2O5S. The second kappa shape index (κ2) is 7.66. The zero-order valence-electron chi connectivity index (χ0n) is 14.8. The molecule has 0 saturated carbocycles. The highest BCUT2D eigenvalue weighted by molar-refractivity contribution is 7.92. The van der Waals surface area contributed by atoms with Crippen LogP contribution < -0.4 is 19.1 Å². The summed E-state index contributed by atoms with van der Waals surface area (Å²) in [7, 11) is -3.69. The maximum Gasteiger partial charge on any atom is 0.243 e. The highest BCUT2D eigenvalue weighted by Crippen LogP contribution is 2.32. The third-order valence-electron chi connectivity index (χ3n) is 4.05. The zero-order valence-corrected chi connectivity index (χ0v) is 16.4. The van der Waals surface area contributed by atoms with Crippen LogP contribution in [0.5, 0.6) is 11.5 Å². The standard InChI is InChI=1S/C18H19ClN2O5S/c1-12(21(27(2,23)24)15-5-3-4-14(19)9-15)18(22)20-10-13-6-7-16-17(8-13)26-11-25-16/h3-9,12H,10-11H2,1-2H3,(H,20,22)/t12-/m0/s1. The van der Waals surface area contributed by atoms with Gasteiger partial charge in [-0.25, -0.2) is 8.42 Å². The van der Waals surface area contributed by atoms with Gasteiger partial charge in [0.25, 0.3) is 0 Å². The molecule has 2 aromatic rings. The number of benzene rings is 2. The maximum absolute atomic E-state index is 12.6. The number of halogens is 1. The maximum atomic E-state index is 12.6. The summed E-state index contributed by atoms with van der Waals surface area (Å²) in [5.74, 6) is 0.840. The van der Waals surface area contributed by atoms with E-state index in [9.17, 15) is 13.2 Å². The lowest BCUT2D eigenvalue weighted by atomic mass is 10.2. The van der Waals surface area contributed by atoms with E-state index in [1.807, 2.05) is 6.07 Å². The first-order valence-electron chi connectivity index (χ1n) is 8.17. The smallest absolute Gasteiger partial charge is 0.243 e. The third kappa shape index (κ3) is 4.45. The summed E-state index contributed by atoms with van der Waals surface area (Å²) in [4.78, 5) is 12.6. The Morgan fingerprint density at radius 3 is 2.67 bits per heavy atom. The Morgan fingerprint density at radius 2 is 1.96 bits per heavy atom. The van der Waals surface area contributed by atoms with Gasteiger partial charge in [-0.15, -0.1) is 0 Å². The number of ether oxygens (including phenoxy) is 2. The summed E-state index contributed by atoms with van der Waals surface area (Å²) >= 11 is 5.97. The summed E-state index contributed by atoms with van der Waals surface area (Å²) < 4.78 is 36.1. The predicted molar refractivity (Wildman–Crippen MR) is 103 cm³/mol. The van der Waals surface area contributed by atoms with E-state index >= 15 is 0 Å². The van der Waals surface area contributed by atoms with E-state index in [-0.39, 0.29) is 13.3 Å². The molecule has 1 amide bonds. The van der Waals surface area contributed by atoms with Crippen LogP contribution in [0.1, 0.15) is 12.5 Å². The van der Waals surface area contributed by atoms with E-state index in [0.717, 1.165) is 16.1 Å². The van der Waals surface area contributed by atoms with Crippen molar-refractivity contribution < 1.29 is 22.7 Å². The molecule has 1 aliphatic rings. The summed E-state index contributed by atoms with van der Waals surface area (Å²) in [6.07, 6.45) is 1.05. The van der Waals surface area contributed by atoms with E-state index in [2.05, 4.69) is 5.32 Å². The van der Waals surface area contributed by atoms with E-state index in [1.54, 1.807) is 30.3 Å². The number of hydrogen-bond acceptors (Lipinski definition) is 5. The fraction of sp³-hybridized carbons (Fsp3) is 0.278. The number of rotatable bonds is 6. The zero-order chi connectivity index (χ0) is 19.6. The fourth-order valence-corrected chi connectivity index (χ4v) is 4.16. The molecule has 1 aliphatic heterocycles. The Bertz CT molecular complexity index is 964. The fourth-order valence-electron chi connectivity index (χ4n) is 2.81. The Morgan fingerprint density at radius 1 is 1.22 bits per heavy atom. The Hall–Kier alpha value is -2.45. The molecule has 1 atom stereocenters. The molecule has 0 bridgehead atoms. The number of fused-ring (bicyclic) bond motifs is 1. The molecule has 0 fully saturated rings. The lowest BCUT2D eigenvalue weighted by Crippen LogP contribution is -2.47. The minimum absolute atomic E-state index is 0.172. The van der Waals surface area contributed by atoms with Crippen LogP contribution in [0.25, 0.3) is 0 Å². The van der Waals surface area contributed by atoms with Crippen LogP contribution in [-0.4, -0.2) is 33.4 Å². The minimum Gasteiger partial charge on any atom is -0.454 e. The van der Waals surface area contributed by atoms with Crippen molar-refractivity contribution in [2.45, 2.75) is 19.5 Å². The van der Waals surface area contributed by atoms with Gasteiger partial charge < -0.3 is 14.8 Å². The van der Waals surface area contributed by atoms with Gasteiger partial charge in [0, 0.05) is 11.6 Å². The molecule has 7 nitrogen and oxygen atoms in total. The van der Waals surface area contributed by atoms with E-state index in [1.165, 1.54) is 13.0 Å².